The molecule has 0 saturated carbocycles. The topological polar surface area (TPSA) is 80.9 Å². The second-order valence-electron chi connectivity index (χ2n) is 3.94. The summed E-state index contributed by atoms with van der Waals surface area (Å²) in [5.74, 6) is 0.459. The Kier molecular flexibility index (Phi) is 4.43. The Morgan fingerprint density at radius 2 is 0.944 bits per heavy atom. The first-order valence-corrected chi connectivity index (χ1v) is 5.37. The highest BCUT2D eigenvalue weighted by atomic mass is 16.3. The Morgan fingerprint density at radius 1 is 0.611 bits per heavy atom. The van der Waals surface area contributed by atoms with Gasteiger partial charge in [-0.3, -0.25) is 0 Å². The van der Waals surface area contributed by atoms with Crippen LogP contribution < -0.4 is 0 Å². The summed E-state index contributed by atoms with van der Waals surface area (Å²) in [6.45, 7) is 3.55. The highest BCUT2D eigenvalue weighted by Crippen LogP contribution is 2.21. The van der Waals surface area contributed by atoms with Gasteiger partial charge in [0.25, 0.3) is 0 Å². The van der Waals surface area contributed by atoms with E-state index in [0.29, 0.717) is 0 Å². The molecule has 2 aromatic rings. The van der Waals surface area contributed by atoms with Gasteiger partial charge in [-0.1, -0.05) is 12.1 Å². The molecule has 0 bridgehead atoms. The first kappa shape index (κ1) is 13.7. The molecule has 0 unspecified atom stereocenters. The second-order valence-corrected chi connectivity index (χ2v) is 3.94. The van der Waals surface area contributed by atoms with Crippen LogP contribution in [0.3, 0.4) is 0 Å². The molecule has 0 fully saturated rings. The maximum Gasteiger partial charge on any atom is 0.122 e. The van der Waals surface area contributed by atoms with Gasteiger partial charge in [0.05, 0.1) is 0 Å². The molecule has 0 aliphatic carbocycles. The van der Waals surface area contributed by atoms with E-state index >= 15 is 0 Å². The zero-order valence-corrected chi connectivity index (χ0v) is 10.3. The van der Waals surface area contributed by atoms with E-state index in [0.717, 1.165) is 11.1 Å². The summed E-state index contributed by atoms with van der Waals surface area (Å²) in [4.78, 5) is 0. The van der Waals surface area contributed by atoms with Crippen LogP contribution in [0.5, 0.6) is 23.0 Å². The molecular formula is C14H16O4. The van der Waals surface area contributed by atoms with Crippen molar-refractivity contribution in [3.63, 3.8) is 0 Å². The SMILES string of the molecule is Cc1ccc(O)cc1O.Cc1ccc(O)cc1O. The zero-order chi connectivity index (χ0) is 13.7. The lowest BCUT2D eigenvalue weighted by Gasteiger charge is -1.96. The molecule has 2 aromatic carbocycles. The molecule has 0 atom stereocenters. The normalized spacial score (nSPS) is 9.44. The van der Waals surface area contributed by atoms with Gasteiger partial charge in [0.15, 0.2) is 0 Å². The molecule has 0 aliphatic heterocycles. The van der Waals surface area contributed by atoms with Gasteiger partial charge < -0.3 is 20.4 Å². The average molecular weight is 248 g/mol. The number of aromatic hydroxyl groups is 4. The van der Waals surface area contributed by atoms with Crippen molar-refractivity contribution in [2.75, 3.05) is 0 Å². The number of aryl methyl sites for hydroxylation is 2. The van der Waals surface area contributed by atoms with Gasteiger partial charge in [0.1, 0.15) is 23.0 Å². The predicted molar refractivity (Wildman–Crippen MR) is 69.0 cm³/mol. The van der Waals surface area contributed by atoms with Gasteiger partial charge in [-0.2, -0.15) is 0 Å². The Bertz CT molecular complexity index is 486. The van der Waals surface area contributed by atoms with Crippen LogP contribution in [-0.2, 0) is 0 Å². The highest BCUT2D eigenvalue weighted by molar-refractivity contribution is 5.38. The average Bonchev–Trinajstić information content (AvgIpc) is 2.30. The van der Waals surface area contributed by atoms with Gasteiger partial charge in [-0.05, 0) is 37.1 Å². The third-order valence-corrected chi connectivity index (χ3v) is 2.39. The molecule has 0 heterocycles. The van der Waals surface area contributed by atoms with E-state index in [9.17, 15) is 0 Å². The van der Waals surface area contributed by atoms with Crippen molar-refractivity contribution in [3.8, 4) is 23.0 Å². The molecule has 4 heteroatoms. The molecule has 4 N–H and O–H groups in total. The van der Waals surface area contributed by atoms with Crippen LogP contribution >= 0.6 is 0 Å². The van der Waals surface area contributed by atoms with Gasteiger partial charge in [-0.15, -0.1) is 0 Å². The van der Waals surface area contributed by atoms with Crippen molar-refractivity contribution < 1.29 is 20.4 Å². The van der Waals surface area contributed by atoms with E-state index in [-0.39, 0.29) is 23.0 Å². The lowest BCUT2D eigenvalue weighted by atomic mass is 10.2. The number of benzene rings is 2. The van der Waals surface area contributed by atoms with Gasteiger partial charge in [-0.25, -0.2) is 0 Å². The number of hydrogen-bond donors (Lipinski definition) is 4. The van der Waals surface area contributed by atoms with Crippen molar-refractivity contribution in [1.29, 1.82) is 0 Å². The lowest BCUT2D eigenvalue weighted by molar-refractivity contribution is 0.447. The van der Waals surface area contributed by atoms with Crippen molar-refractivity contribution in [3.05, 3.63) is 47.5 Å². The van der Waals surface area contributed by atoms with Crippen LogP contribution in [0, 0.1) is 13.8 Å². The number of hydrogen-bond acceptors (Lipinski definition) is 4. The van der Waals surface area contributed by atoms with E-state index in [4.69, 9.17) is 20.4 Å². The first-order chi connectivity index (χ1) is 8.40. The molecule has 18 heavy (non-hydrogen) atoms. The Balaban J connectivity index is 0.000000180. The summed E-state index contributed by atoms with van der Waals surface area (Å²) < 4.78 is 0. The smallest absolute Gasteiger partial charge is 0.122 e. The molecule has 0 radical (unpaired) electrons. The molecule has 0 aromatic heterocycles. The minimum atomic E-state index is 0.0955. The number of phenolic OH excluding ortho intramolecular Hbond substituents is 4. The summed E-state index contributed by atoms with van der Waals surface area (Å²) in [5, 5.41) is 35.4. The molecule has 0 spiro atoms. The van der Waals surface area contributed by atoms with Gasteiger partial charge in [0, 0.05) is 12.1 Å². The molecule has 2 rings (SSSR count). The third-order valence-electron chi connectivity index (χ3n) is 2.39. The monoisotopic (exact) mass is 248 g/mol. The maximum absolute atomic E-state index is 8.94. The fourth-order valence-electron chi connectivity index (χ4n) is 1.20. The van der Waals surface area contributed by atoms with E-state index in [1.165, 1.54) is 24.3 Å². The molecule has 0 saturated heterocycles. The molecule has 0 aliphatic rings. The summed E-state index contributed by atoms with van der Waals surface area (Å²) >= 11 is 0. The first-order valence-electron chi connectivity index (χ1n) is 5.37. The number of rotatable bonds is 0. The van der Waals surface area contributed by atoms with Crippen LogP contribution in [0.2, 0.25) is 0 Å². The van der Waals surface area contributed by atoms with E-state index in [1.807, 2.05) is 0 Å². The van der Waals surface area contributed by atoms with E-state index < -0.39 is 0 Å². The zero-order valence-electron chi connectivity index (χ0n) is 10.3. The van der Waals surface area contributed by atoms with Crippen molar-refractivity contribution >= 4 is 0 Å². The fourth-order valence-corrected chi connectivity index (χ4v) is 1.20. The van der Waals surface area contributed by atoms with Crippen molar-refractivity contribution in [2.45, 2.75) is 13.8 Å². The van der Waals surface area contributed by atoms with Crippen molar-refractivity contribution in [2.24, 2.45) is 0 Å². The highest BCUT2D eigenvalue weighted by Gasteiger charge is 1.94. The van der Waals surface area contributed by atoms with Crippen LogP contribution in [-0.4, -0.2) is 20.4 Å². The molecule has 96 valence electrons. The standard InChI is InChI=1S/2C7H8O2/c2*1-5-2-3-6(8)4-7(5)9/h2*2-4,8-9H,1H3. The number of phenols is 4. The Hall–Kier alpha value is -2.36. The van der Waals surface area contributed by atoms with Crippen LogP contribution in [0.15, 0.2) is 36.4 Å². The second kappa shape index (κ2) is 5.82. The van der Waals surface area contributed by atoms with Crippen LogP contribution in [0.1, 0.15) is 11.1 Å². The summed E-state index contributed by atoms with van der Waals surface area (Å²) in [5.41, 5.74) is 1.54. The quantitative estimate of drug-likeness (QED) is 0.578. The van der Waals surface area contributed by atoms with Gasteiger partial charge >= 0.3 is 0 Å². The third kappa shape index (κ3) is 3.90. The maximum atomic E-state index is 8.94. The Morgan fingerprint density at radius 3 is 1.17 bits per heavy atom. The minimum absolute atomic E-state index is 0.0955. The molecule has 0 amide bonds. The Labute approximate surface area is 105 Å². The molecular weight excluding hydrogens is 232 g/mol. The lowest BCUT2D eigenvalue weighted by Crippen LogP contribution is -1.71. The van der Waals surface area contributed by atoms with E-state index in [1.54, 1.807) is 26.0 Å². The van der Waals surface area contributed by atoms with Crippen LogP contribution in [0.25, 0.3) is 0 Å². The fraction of sp³-hybridized carbons (Fsp3) is 0.143. The minimum Gasteiger partial charge on any atom is -0.508 e. The van der Waals surface area contributed by atoms with Gasteiger partial charge in [0.2, 0.25) is 0 Å². The van der Waals surface area contributed by atoms with E-state index in [2.05, 4.69) is 0 Å². The summed E-state index contributed by atoms with van der Waals surface area (Å²) in [6, 6.07) is 9.02. The molecule has 4 nitrogen and oxygen atoms in total. The van der Waals surface area contributed by atoms with Crippen LogP contribution in [0.4, 0.5) is 0 Å². The van der Waals surface area contributed by atoms with Crippen molar-refractivity contribution in [1.82, 2.24) is 0 Å². The predicted octanol–water partition coefficient (Wildman–Crippen LogP) is 2.81. The summed E-state index contributed by atoms with van der Waals surface area (Å²) in [6.07, 6.45) is 0. The summed E-state index contributed by atoms with van der Waals surface area (Å²) in [7, 11) is 0. The largest absolute Gasteiger partial charge is 0.508 e.